The molecule has 4 nitrogen and oxygen atoms in total. The van der Waals surface area contributed by atoms with Crippen LogP contribution in [0.2, 0.25) is 5.02 Å². The smallest absolute Gasteiger partial charge is 0.305 e. The predicted molar refractivity (Wildman–Crippen MR) is 76.4 cm³/mol. The van der Waals surface area contributed by atoms with Gasteiger partial charge in [0.25, 0.3) is 0 Å². The van der Waals surface area contributed by atoms with Gasteiger partial charge in [-0.3, -0.25) is 4.79 Å². The topological polar surface area (TPSA) is 55.6 Å². The van der Waals surface area contributed by atoms with E-state index < -0.39 is 0 Å². The van der Waals surface area contributed by atoms with E-state index in [0.717, 1.165) is 25.2 Å². The van der Waals surface area contributed by atoms with E-state index in [0.29, 0.717) is 11.4 Å². The van der Waals surface area contributed by atoms with Crippen molar-refractivity contribution in [2.24, 2.45) is 11.7 Å². The molecule has 1 saturated heterocycles. The van der Waals surface area contributed by atoms with Crippen LogP contribution in [0.3, 0.4) is 0 Å². The second-order valence-corrected chi connectivity index (χ2v) is 5.46. The standard InChI is InChI=1S/C14H19ClN2O2/c1-19-14(18)6-10-5-12(16)9-17(8-10)13-4-2-3-11(15)7-13/h2-4,7,10,12H,5-6,8-9,16H2,1H3. The first-order chi connectivity index (χ1) is 9.08. The number of nitrogens with zero attached hydrogens (tertiary/aromatic N) is 1. The minimum atomic E-state index is -0.176. The number of carbonyl (C=O) groups is 1. The van der Waals surface area contributed by atoms with Gasteiger partial charge in [-0.15, -0.1) is 0 Å². The van der Waals surface area contributed by atoms with Crippen molar-refractivity contribution in [3.63, 3.8) is 0 Å². The van der Waals surface area contributed by atoms with E-state index in [4.69, 9.17) is 22.1 Å². The minimum Gasteiger partial charge on any atom is -0.469 e. The molecule has 0 radical (unpaired) electrons. The third kappa shape index (κ3) is 3.85. The number of carbonyl (C=O) groups excluding carboxylic acids is 1. The van der Waals surface area contributed by atoms with E-state index in [-0.39, 0.29) is 17.9 Å². The third-order valence-corrected chi connectivity index (χ3v) is 3.66. The SMILES string of the molecule is COC(=O)CC1CC(N)CN(c2cccc(Cl)c2)C1. The summed E-state index contributed by atoms with van der Waals surface area (Å²) in [4.78, 5) is 13.6. The molecular weight excluding hydrogens is 264 g/mol. The average Bonchev–Trinajstić information content (AvgIpc) is 2.38. The number of ether oxygens (including phenoxy) is 1. The van der Waals surface area contributed by atoms with Gasteiger partial charge in [0.15, 0.2) is 0 Å². The molecule has 2 rings (SSSR count). The van der Waals surface area contributed by atoms with Gasteiger partial charge in [0, 0.05) is 29.8 Å². The number of rotatable bonds is 3. The van der Waals surface area contributed by atoms with E-state index in [1.54, 1.807) is 0 Å². The maximum Gasteiger partial charge on any atom is 0.305 e. The van der Waals surface area contributed by atoms with Gasteiger partial charge in [0.05, 0.1) is 13.5 Å². The number of hydrogen-bond donors (Lipinski definition) is 1. The molecule has 1 aromatic carbocycles. The molecule has 1 aromatic rings. The second kappa shape index (κ2) is 6.26. The summed E-state index contributed by atoms with van der Waals surface area (Å²) in [5.74, 6) is 0.0559. The number of benzene rings is 1. The second-order valence-electron chi connectivity index (χ2n) is 5.03. The molecule has 1 aliphatic rings. The predicted octanol–water partition coefficient (Wildman–Crippen LogP) is 2.06. The van der Waals surface area contributed by atoms with Crippen LogP contribution in [0.1, 0.15) is 12.8 Å². The molecule has 0 bridgehead atoms. The fourth-order valence-corrected chi connectivity index (χ4v) is 2.78. The Morgan fingerprint density at radius 3 is 3.00 bits per heavy atom. The summed E-state index contributed by atoms with van der Waals surface area (Å²) >= 11 is 6.01. The highest BCUT2D eigenvalue weighted by Gasteiger charge is 2.27. The number of nitrogens with two attached hydrogens (primary N) is 1. The van der Waals surface area contributed by atoms with Crippen molar-refractivity contribution >= 4 is 23.3 Å². The quantitative estimate of drug-likeness (QED) is 0.862. The molecule has 1 heterocycles. The lowest BCUT2D eigenvalue weighted by Gasteiger charge is -2.37. The minimum absolute atomic E-state index is 0.0717. The molecule has 19 heavy (non-hydrogen) atoms. The van der Waals surface area contributed by atoms with Gasteiger partial charge in [-0.1, -0.05) is 17.7 Å². The summed E-state index contributed by atoms with van der Waals surface area (Å²) in [6, 6.07) is 7.78. The van der Waals surface area contributed by atoms with E-state index >= 15 is 0 Å². The van der Waals surface area contributed by atoms with Gasteiger partial charge in [0.1, 0.15) is 0 Å². The molecule has 0 saturated carbocycles. The number of methoxy groups -OCH3 is 1. The Balaban J connectivity index is 2.07. The zero-order valence-corrected chi connectivity index (χ0v) is 11.8. The van der Waals surface area contributed by atoms with Crippen LogP contribution in [0.5, 0.6) is 0 Å². The maximum atomic E-state index is 11.4. The zero-order valence-electron chi connectivity index (χ0n) is 11.0. The van der Waals surface area contributed by atoms with Crippen molar-refractivity contribution in [3.05, 3.63) is 29.3 Å². The van der Waals surface area contributed by atoms with Crippen LogP contribution in [-0.2, 0) is 9.53 Å². The van der Waals surface area contributed by atoms with Crippen LogP contribution in [0.4, 0.5) is 5.69 Å². The molecule has 2 N–H and O–H groups in total. The Kier molecular flexibility index (Phi) is 4.66. The highest BCUT2D eigenvalue weighted by molar-refractivity contribution is 6.30. The van der Waals surface area contributed by atoms with Gasteiger partial charge in [0.2, 0.25) is 0 Å². The molecule has 1 fully saturated rings. The first kappa shape index (κ1) is 14.2. The number of piperidine rings is 1. The zero-order chi connectivity index (χ0) is 13.8. The fourth-order valence-electron chi connectivity index (χ4n) is 2.60. The van der Waals surface area contributed by atoms with E-state index in [9.17, 15) is 4.79 Å². The van der Waals surface area contributed by atoms with Gasteiger partial charge in [-0.2, -0.15) is 0 Å². The van der Waals surface area contributed by atoms with Crippen LogP contribution >= 0.6 is 11.6 Å². The van der Waals surface area contributed by atoms with Crippen LogP contribution < -0.4 is 10.6 Å². The maximum absolute atomic E-state index is 11.4. The summed E-state index contributed by atoms with van der Waals surface area (Å²) in [6.45, 7) is 1.60. The van der Waals surface area contributed by atoms with E-state index in [1.165, 1.54) is 7.11 Å². The molecule has 0 aliphatic carbocycles. The summed E-state index contributed by atoms with van der Waals surface area (Å²) in [7, 11) is 1.42. The molecule has 5 heteroatoms. The molecule has 0 aromatic heterocycles. The van der Waals surface area contributed by atoms with Crippen LogP contribution in [0, 0.1) is 5.92 Å². The first-order valence-electron chi connectivity index (χ1n) is 6.41. The van der Waals surface area contributed by atoms with Crippen LogP contribution in [-0.4, -0.2) is 32.2 Å². The third-order valence-electron chi connectivity index (χ3n) is 3.43. The monoisotopic (exact) mass is 282 g/mol. The number of esters is 1. The summed E-state index contributed by atoms with van der Waals surface area (Å²) in [5.41, 5.74) is 7.13. The van der Waals surface area contributed by atoms with Crippen molar-refractivity contribution in [2.75, 3.05) is 25.1 Å². The van der Waals surface area contributed by atoms with Gasteiger partial charge >= 0.3 is 5.97 Å². The molecule has 0 amide bonds. The molecule has 0 spiro atoms. The summed E-state index contributed by atoms with van der Waals surface area (Å²) in [6.07, 6.45) is 1.27. The number of hydrogen-bond acceptors (Lipinski definition) is 4. The average molecular weight is 283 g/mol. The molecule has 1 aliphatic heterocycles. The number of anilines is 1. The Labute approximate surface area is 118 Å². The summed E-state index contributed by atoms with van der Waals surface area (Å²) < 4.78 is 4.73. The normalized spacial score (nSPS) is 23.2. The highest BCUT2D eigenvalue weighted by atomic mass is 35.5. The van der Waals surface area contributed by atoms with Crippen molar-refractivity contribution in [1.29, 1.82) is 0 Å². The Bertz CT molecular complexity index is 453. The highest BCUT2D eigenvalue weighted by Crippen LogP contribution is 2.26. The summed E-state index contributed by atoms with van der Waals surface area (Å²) in [5, 5.41) is 0.709. The van der Waals surface area contributed by atoms with Crippen molar-refractivity contribution in [2.45, 2.75) is 18.9 Å². The van der Waals surface area contributed by atoms with E-state index in [2.05, 4.69) is 4.90 Å². The van der Waals surface area contributed by atoms with Gasteiger partial charge in [-0.25, -0.2) is 0 Å². The number of halogens is 1. The first-order valence-corrected chi connectivity index (χ1v) is 6.79. The van der Waals surface area contributed by atoms with Crippen molar-refractivity contribution in [1.82, 2.24) is 0 Å². The van der Waals surface area contributed by atoms with Crippen molar-refractivity contribution in [3.8, 4) is 0 Å². The van der Waals surface area contributed by atoms with Gasteiger partial charge in [-0.05, 0) is 30.5 Å². The lowest BCUT2D eigenvalue weighted by molar-refractivity contribution is -0.141. The van der Waals surface area contributed by atoms with Gasteiger partial charge < -0.3 is 15.4 Å². The molecule has 2 atom stereocenters. The largest absolute Gasteiger partial charge is 0.469 e. The Hall–Kier alpha value is -1.26. The lowest BCUT2D eigenvalue weighted by atomic mass is 9.91. The lowest BCUT2D eigenvalue weighted by Crippen LogP contribution is -2.47. The molecule has 2 unspecified atom stereocenters. The molecular formula is C14H19ClN2O2. The fraction of sp³-hybridized carbons (Fsp3) is 0.500. The van der Waals surface area contributed by atoms with Crippen LogP contribution in [0.15, 0.2) is 24.3 Å². The Morgan fingerprint density at radius 2 is 2.32 bits per heavy atom. The Morgan fingerprint density at radius 1 is 1.53 bits per heavy atom. The van der Waals surface area contributed by atoms with E-state index in [1.807, 2.05) is 24.3 Å². The van der Waals surface area contributed by atoms with Crippen LogP contribution in [0.25, 0.3) is 0 Å². The van der Waals surface area contributed by atoms with Crippen molar-refractivity contribution < 1.29 is 9.53 Å². The molecule has 104 valence electrons.